The summed E-state index contributed by atoms with van der Waals surface area (Å²) in [6.07, 6.45) is 1.07. The van der Waals surface area contributed by atoms with Crippen LogP contribution in [0.2, 0.25) is 0 Å². The maximum atomic E-state index is 12.9. The van der Waals surface area contributed by atoms with Crippen molar-refractivity contribution in [3.8, 4) is 12.1 Å². The highest BCUT2D eigenvalue weighted by Crippen LogP contribution is 2.36. The second kappa shape index (κ2) is 13.1. The number of likely N-dealkylation sites (tertiary alicyclic amines) is 1. The molecule has 47 heavy (non-hydrogen) atoms. The Labute approximate surface area is 275 Å². The van der Waals surface area contributed by atoms with Gasteiger partial charge < -0.3 is 34.2 Å². The van der Waals surface area contributed by atoms with Crippen molar-refractivity contribution in [3.05, 3.63) is 53.2 Å². The molecule has 0 bridgehead atoms. The number of aromatic nitrogens is 2. The summed E-state index contributed by atoms with van der Waals surface area (Å²) in [6, 6.07) is 14.5. The Morgan fingerprint density at radius 1 is 1.02 bits per heavy atom. The molecule has 3 aliphatic heterocycles. The third-order valence-electron chi connectivity index (χ3n) is 9.22. The molecule has 0 spiro atoms. The Kier molecular flexibility index (Phi) is 8.99. The van der Waals surface area contributed by atoms with Gasteiger partial charge in [-0.2, -0.15) is 15.2 Å². The molecule has 0 aliphatic carbocycles. The monoisotopic (exact) mass is 641 g/mol. The summed E-state index contributed by atoms with van der Waals surface area (Å²) < 4.78 is 11.9. The van der Waals surface area contributed by atoms with Crippen LogP contribution in [-0.4, -0.2) is 94.1 Å². The largest absolute Gasteiger partial charge is 0.465 e. The summed E-state index contributed by atoms with van der Waals surface area (Å²) in [5, 5.41) is 21.6. The van der Waals surface area contributed by atoms with E-state index in [9.17, 15) is 20.0 Å². The first-order valence-electron chi connectivity index (χ1n) is 16.4. The van der Waals surface area contributed by atoms with Crippen LogP contribution >= 0.6 is 0 Å². The number of fused-ring (bicyclic) bond motifs is 2. The fourth-order valence-corrected chi connectivity index (χ4v) is 7.01. The second-order valence-corrected chi connectivity index (χ2v) is 13.6. The first-order chi connectivity index (χ1) is 22.5. The number of hydrogen-bond acceptors (Lipinski definition) is 9. The van der Waals surface area contributed by atoms with E-state index in [0.717, 1.165) is 42.1 Å². The lowest BCUT2D eigenvalue weighted by Crippen LogP contribution is -2.55. The molecular weight excluding hydrogens is 598 g/mol. The first kappa shape index (κ1) is 32.2. The summed E-state index contributed by atoms with van der Waals surface area (Å²) in [5.74, 6) is 0.724. The van der Waals surface area contributed by atoms with Crippen molar-refractivity contribution in [3.63, 3.8) is 0 Å². The summed E-state index contributed by atoms with van der Waals surface area (Å²) in [4.78, 5) is 42.2. The number of hydrogen-bond donors (Lipinski definition) is 1. The standard InChI is InChI=1S/C35H43N7O5/c1-23-8-5-9-24-10-6-12-29(30(23)24)39-17-14-27-28(21-39)37-32(46-22-26-11-7-16-42(26)34(45)47-35(2,3)4)38-31(27)40-18-19-41(33(43)44)25(20-40)13-15-36/h5-6,8-10,12,25-26H,7,11,13-14,16-22H2,1-4H3,(H,43,44)/t25-,26-/m0/s1. The molecule has 6 rings (SSSR count). The normalized spacial score (nSPS) is 19.8. The summed E-state index contributed by atoms with van der Waals surface area (Å²) in [6.45, 7) is 10.9. The van der Waals surface area contributed by atoms with Gasteiger partial charge in [0.2, 0.25) is 0 Å². The van der Waals surface area contributed by atoms with Gasteiger partial charge in [-0.15, -0.1) is 0 Å². The number of piperazine rings is 1. The molecule has 4 heterocycles. The molecular formula is C35H43N7O5. The zero-order valence-electron chi connectivity index (χ0n) is 27.6. The molecule has 2 saturated heterocycles. The van der Waals surface area contributed by atoms with Crippen molar-refractivity contribution in [1.82, 2.24) is 19.8 Å². The Hall–Kier alpha value is -4.79. The van der Waals surface area contributed by atoms with Crippen LogP contribution in [0.25, 0.3) is 10.8 Å². The molecule has 3 aliphatic rings. The number of nitrogens with zero attached hydrogens (tertiary/aromatic N) is 7. The van der Waals surface area contributed by atoms with Crippen LogP contribution in [0, 0.1) is 18.3 Å². The molecule has 0 radical (unpaired) electrons. The average Bonchev–Trinajstić information content (AvgIpc) is 3.51. The zero-order chi connectivity index (χ0) is 33.3. The van der Waals surface area contributed by atoms with E-state index >= 15 is 0 Å². The van der Waals surface area contributed by atoms with E-state index in [1.54, 1.807) is 4.90 Å². The van der Waals surface area contributed by atoms with Crippen LogP contribution in [0.3, 0.4) is 0 Å². The van der Waals surface area contributed by atoms with E-state index in [1.807, 2.05) is 20.8 Å². The predicted molar refractivity (Wildman–Crippen MR) is 178 cm³/mol. The fourth-order valence-electron chi connectivity index (χ4n) is 7.01. The topological polar surface area (TPSA) is 135 Å². The lowest BCUT2D eigenvalue weighted by molar-refractivity contribution is 0.0183. The molecule has 0 unspecified atom stereocenters. The molecule has 2 aromatic carbocycles. The Morgan fingerprint density at radius 2 is 1.81 bits per heavy atom. The highest BCUT2D eigenvalue weighted by molar-refractivity contribution is 5.97. The lowest BCUT2D eigenvalue weighted by Gasteiger charge is -2.41. The van der Waals surface area contributed by atoms with Gasteiger partial charge in [0.15, 0.2) is 0 Å². The minimum atomic E-state index is -1.02. The predicted octanol–water partition coefficient (Wildman–Crippen LogP) is 5.36. The summed E-state index contributed by atoms with van der Waals surface area (Å²) in [5.41, 5.74) is 3.64. The molecule has 12 heteroatoms. The van der Waals surface area contributed by atoms with E-state index in [0.29, 0.717) is 32.6 Å². The molecule has 2 amide bonds. The number of benzene rings is 2. The SMILES string of the molecule is Cc1cccc2cccc(N3CCc4c(nc(OC[C@@H]5CCCN5C(=O)OC(C)(C)C)nc4N4CCN(C(=O)O)[C@@H](CC#N)C4)C3)c12. The van der Waals surface area contributed by atoms with E-state index in [1.165, 1.54) is 21.2 Å². The van der Waals surface area contributed by atoms with Crippen LogP contribution in [0.15, 0.2) is 36.4 Å². The van der Waals surface area contributed by atoms with Crippen molar-refractivity contribution in [2.75, 3.05) is 49.1 Å². The van der Waals surface area contributed by atoms with Crippen LogP contribution in [-0.2, 0) is 17.7 Å². The van der Waals surface area contributed by atoms with Crippen molar-refractivity contribution in [1.29, 1.82) is 5.26 Å². The third kappa shape index (κ3) is 6.84. The van der Waals surface area contributed by atoms with Gasteiger partial charge in [0.25, 0.3) is 0 Å². The highest BCUT2D eigenvalue weighted by Gasteiger charge is 2.35. The van der Waals surface area contributed by atoms with Crippen molar-refractivity contribution in [2.24, 2.45) is 0 Å². The molecule has 0 saturated carbocycles. The number of ether oxygens (including phenoxy) is 2. The van der Waals surface area contributed by atoms with Gasteiger partial charge >= 0.3 is 18.2 Å². The summed E-state index contributed by atoms with van der Waals surface area (Å²) in [7, 11) is 0. The van der Waals surface area contributed by atoms with Gasteiger partial charge in [-0.25, -0.2) is 9.59 Å². The number of carboxylic acid groups (broad SMARTS) is 1. The van der Waals surface area contributed by atoms with Crippen molar-refractivity contribution < 1.29 is 24.2 Å². The third-order valence-corrected chi connectivity index (χ3v) is 9.22. The van der Waals surface area contributed by atoms with Crippen molar-refractivity contribution >= 4 is 34.5 Å². The Bertz CT molecular complexity index is 1690. The van der Waals surface area contributed by atoms with E-state index in [2.05, 4.69) is 59.2 Å². The van der Waals surface area contributed by atoms with Crippen molar-refractivity contribution in [2.45, 2.75) is 77.6 Å². The quantitative estimate of drug-likeness (QED) is 0.375. The second-order valence-electron chi connectivity index (χ2n) is 13.6. The van der Waals surface area contributed by atoms with Gasteiger partial charge in [0.1, 0.15) is 18.0 Å². The van der Waals surface area contributed by atoms with Gasteiger partial charge in [-0.3, -0.25) is 0 Å². The van der Waals surface area contributed by atoms with E-state index < -0.39 is 17.7 Å². The summed E-state index contributed by atoms with van der Waals surface area (Å²) >= 11 is 0. The molecule has 12 nitrogen and oxygen atoms in total. The lowest BCUT2D eigenvalue weighted by atomic mass is 9.99. The van der Waals surface area contributed by atoms with Gasteiger partial charge in [0.05, 0.1) is 36.8 Å². The average molecular weight is 642 g/mol. The number of carbonyl (C=O) groups is 2. The van der Waals surface area contributed by atoms with Crippen LogP contribution in [0.1, 0.15) is 56.9 Å². The van der Waals surface area contributed by atoms with Crippen LogP contribution in [0.5, 0.6) is 6.01 Å². The highest BCUT2D eigenvalue weighted by atomic mass is 16.6. The minimum absolute atomic E-state index is 0.0931. The molecule has 2 fully saturated rings. The number of anilines is 2. The molecule has 1 aromatic heterocycles. The van der Waals surface area contributed by atoms with Crippen LogP contribution < -0.4 is 14.5 Å². The zero-order valence-corrected chi connectivity index (χ0v) is 27.6. The van der Waals surface area contributed by atoms with E-state index in [-0.39, 0.29) is 37.7 Å². The molecule has 248 valence electrons. The molecule has 1 N–H and O–H groups in total. The van der Waals surface area contributed by atoms with Gasteiger partial charge in [-0.1, -0.05) is 30.3 Å². The van der Waals surface area contributed by atoms with Gasteiger partial charge in [0, 0.05) is 49.4 Å². The number of aryl methyl sites for hydroxylation is 1. The van der Waals surface area contributed by atoms with Crippen LogP contribution in [0.4, 0.5) is 21.1 Å². The number of nitriles is 1. The number of amides is 2. The number of carbonyl (C=O) groups excluding carboxylic acids is 1. The maximum absolute atomic E-state index is 12.9. The fraction of sp³-hybridized carbons (Fsp3) is 0.514. The Morgan fingerprint density at radius 3 is 2.55 bits per heavy atom. The smallest absolute Gasteiger partial charge is 0.410 e. The maximum Gasteiger partial charge on any atom is 0.410 e. The molecule has 2 atom stereocenters. The molecule has 3 aromatic rings. The Balaban J connectivity index is 1.31. The minimum Gasteiger partial charge on any atom is -0.465 e. The number of rotatable bonds is 6. The first-order valence-corrected chi connectivity index (χ1v) is 16.4. The van der Waals surface area contributed by atoms with Gasteiger partial charge in [-0.05, 0) is 64.0 Å². The van der Waals surface area contributed by atoms with E-state index in [4.69, 9.17) is 19.4 Å².